The first-order valence-electron chi connectivity index (χ1n) is 5.84. The Kier molecular flexibility index (Phi) is 4.21. The molecule has 0 bridgehead atoms. The van der Waals surface area contributed by atoms with Crippen LogP contribution in [0.25, 0.3) is 0 Å². The number of benzene rings is 2. The van der Waals surface area contributed by atoms with Crippen molar-refractivity contribution in [3.63, 3.8) is 0 Å². The van der Waals surface area contributed by atoms with Crippen LogP contribution in [0.2, 0.25) is 5.02 Å². The molecule has 0 aliphatic heterocycles. The second-order valence-electron chi connectivity index (χ2n) is 4.03. The molecule has 2 aromatic rings. The van der Waals surface area contributed by atoms with Gasteiger partial charge in [-0.2, -0.15) is 0 Å². The van der Waals surface area contributed by atoms with E-state index in [2.05, 4.69) is 13.0 Å². The van der Waals surface area contributed by atoms with Crippen molar-refractivity contribution >= 4 is 11.6 Å². The molecule has 2 rings (SSSR count). The van der Waals surface area contributed by atoms with Crippen molar-refractivity contribution in [3.8, 4) is 5.75 Å². The van der Waals surface area contributed by atoms with Crippen LogP contribution in [-0.4, -0.2) is 0 Å². The Morgan fingerprint density at radius 1 is 1.17 bits per heavy atom. The molecule has 0 fully saturated rings. The van der Waals surface area contributed by atoms with Gasteiger partial charge in [-0.1, -0.05) is 36.7 Å². The van der Waals surface area contributed by atoms with Crippen LogP contribution in [0.1, 0.15) is 18.1 Å². The third-order valence-corrected chi connectivity index (χ3v) is 3.07. The summed E-state index contributed by atoms with van der Waals surface area (Å²) in [6.07, 6.45) is 0.967. The molecule has 0 heterocycles. The van der Waals surface area contributed by atoms with Gasteiger partial charge in [0.05, 0.1) is 5.02 Å². The minimum Gasteiger partial charge on any atom is -0.489 e. The fourth-order valence-corrected chi connectivity index (χ4v) is 1.88. The molecule has 0 saturated carbocycles. The molecule has 3 heteroatoms. The lowest BCUT2D eigenvalue weighted by Gasteiger charge is -2.08. The van der Waals surface area contributed by atoms with Crippen LogP contribution in [0.5, 0.6) is 5.75 Å². The van der Waals surface area contributed by atoms with Crippen LogP contribution >= 0.6 is 11.6 Å². The Labute approximate surface area is 111 Å². The van der Waals surface area contributed by atoms with Crippen LogP contribution in [0.15, 0.2) is 42.5 Å². The first-order chi connectivity index (χ1) is 8.69. The minimum absolute atomic E-state index is 0.336. The maximum atomic E-state index is 12.9. The van der Waals surface area contributed by atoms with E-state index < -0.39 is 0 Å². The Morgan fingerprint density at radius 3 is 2.72 bits per heavy atom. The van der Waals surface area contributed by atoms with Crippen LogP contribution in [0, 0.1) is 5.82 Å². The average Bonchev–Trinajstić information content (AvgIpc) is 2.38. The minimum atomic E-state index is -0.336. The highest BCUT2D eigenvalue weighted by molar-refractivity contribution is 6.31. The predicted octanol–water partition coefficient (Wildman–Crippen LogP) is 4.62. The lowest BCUT2D eigenvalue weighted by atomic mass is 10.2. The summed E-state index contributed by atoms with van der Waals surface area (Å²) in [6, 6.07) is 12.2. The zero-order chi connectivity index (χ0) is 13.0. The predicted molar refractivity (Wildman–Crippen MR) is 71.6 cm³/mol. The van der Waals surface area contributed by atoms with Gasteiger partial charge in [-0.25, -0.2) is 4.39 Å². The lowest BCUT2D eigenvalue weighted by molar-refractivity contribution is 0.306. The Bertz CT molecular complexity index is 540. The van der Waals surface area contributed by atoms with Gasteiger partial charge in [0.25, 0.3) is 0 Å². The van der Waals surface area contributed by atoms with Crippen LogP contribution < -0.4 is 4.74 Å². The second-order valence-corrected chi connectivity index (χ2v) is 4.43. The molecule has 1 nitrogen and oxygen atoms in total. The van der Waals surface area contributed by atoms with E-state index >= 15 is 0 Å². The van der Waals surface area contributed by atoms with Crippen molar-refractivity contribution in [2.75, 3.05) is 0 Å². The zero-order valence-corrected chi connectivity index (χ0v) is 10.9. The highest BCUT2D eigenvalue weighted by Gasteiger charge is 2.03. The van der Waals surface area contributed by atoms with Gasteiger partial charge in [-0.15, -0.1) is 0 Å². The molecule has 0 aromatic heterocycles. The largest absolute Gasteiger partial charge is 0.489 e. The van der Waals surface area contributed by atoms with Gasteiger partial charge in [0.2, 0.25) is 0 Å². The third-order valence-electron chi connectivity index (χ3n) is 2.72. The highest BCUT2D eigenvalue weighted by Crippen LogP contribution is 2.20. The van der Waals surface area contributed by atoms with Gasteiger partial charge >= 0.3 is 0 Å². The summed E-state index contributed by atoms with van der Waals surface area (Å²) < 4.78 is 18.5. The van der Waals surface area contributed by atoms with Gasteiger partial charge in [-0.3, -0.25) is 0 Å². The van der Waals surface area contributed by atoms with E-state index in [0.29, 0.717) is 11.6 Å². The van der Waals surface area contributed by atoms with Gasteiger partial charge in [0.15, 0.2) is 0 Å². The molecule has 0 N–H and O–H groups in total. The summed E-state index contributed by atoms with van der Waals surface area (Å²) in [5.74, 6) is 0.464. The summed E-state index contributed by atoms with van der Waals surface area (Å²) in [6.45, 7) is 2.43. The van der Waals surface area contributed by atoms with Crippen molar-refractivity contribution in [2.45, 2.75) is 20.0 Å². The quantitative estimate of drug-likeness (QED) is 0.783. The van der Waals surface area contributed by atoms with Crippen LogP contribution in [0.4, 0.5) is 4.39 Å². The van der Waals surface area contributed by atoms with Crippen molar-refractivity contribution in [1.29, 1.82) is 0 Å². The third kappa shape index (κ3) is 3.23. The molecule has 0 aliphatic rings. The molecule has 0 aliphatic carbocycles. The topological polar surface area (TPSA) is 9.23 Å². The summed E-state index contributed by atoms with van der Waals surface area (Å²) >= 11 is 5.93. The number of hydrogen-bond donors (Lipinski definition) is 0. The molecule has 18 heavy (non-hydrogen) atoms. The Morgan fingerprint density at radius 2 is 2.00 bits per heavy atom. The molecule has 0 radical (unpaired) electrons. The molecule has 2 aromatic carbocycles. The van der Waals surface area contributed by atoms with Crippen molar-refractivity contribution in [1.82, 2.24) is 0 Å². The zero-order valence-electron chi connectivity index (χ0n) is 10.1. The molecule has 0 atom stereocenters. The van der Waals surface area contributed by atoms with E-state index in [0.717, 1.165) is 17.7 Å². The fraction of sp³-hybridized carbons (Fsp3) is 0.200. The SMILES string of the molecule is CCc1cccc(OCc2ccc(F)cc2Cl)c1. The maximum absolute atomic E-state index is 12.9. The van der Waals surface area contributed by atoms with E-state index in [1.807, 2.05) is 18.2 Å². The van der Waals surface area contributed by atoms with Crippen molar-refractivity contribution in [2.24, 2.45) is 0 Å². The molecule has 0 spiro atoms. The maximum Gasteiger partial charge on any atom is 0.124 e. The van der Waals surface area contributed by atoms with Gasteiger partial charge in [-0.05, 0) is 36.2 Å². The van der Waals surface area contributed by atoms with Gasteiger partial charge in [0, 0.05) is 5.56 Å². The standard InChI is InChI=1S/C15H14ClFO/c1-2-11-4-3-5-14(8-11)18-10-12-6-7-13(17)9-15(12)16/h3-9H,2,10H2,1H3. The summed E-state index contributed by atoms with van der Waals surface area (Å²) in [7, 11) is 0. The molecular formula is C15H14ClFO. The number of ether oxygens (including phenoxy) is 1. The summed E-state index contributed by atoms with van der Waals surface area (Å²) in [5, 5.41) is 0.390. The number of hydrogen-bond acceptors (Lipinski definition) is 1. The number of halogens is 2. The van der Waals surface area contributed by atoms with E-state index in [4.69, 9.17) is 16.3 Å². The smallest absolute Gasteiger partial charge is 0.124 e. The first kappa shape index (κ1) is 12.9. The number of rotatable bonds is 4. The highest BCUT2D eigenvalue weighted by atomic mass is 35.5. The average molecular weight is 265 g/mol. The van der Waals surface area contributed by atoms with Crippen molar-refractivity contribution < 1.29 is 9.13 Å². The summed E-state index contributed by atoms with van der Waals surface area (Å²) in [4.78, 5) is 0. The molecule has 0 amide bonds. The summed E-state index contributed by atoms with van der Waals surface area (Å²) in [5.41, 5.74) is 2.00. The lowest BCUT2D eigenvalue weighted by Crippen LogP contribution is -1.97. The Balaban J connectivity index is 2.06. The van der Waals surface area contributed by atoms with E-state index in [1.165, 1.54) is 17.7 Å². The Hall–Kier alpha value is -1.54. The molecule has 0 saturated heterocycles. The van der Waals surface area contributed by atoms with Crippen LogP contribution in [-0.2, 0) is 13.0 Å². The monoisotopic (exact) mass is 264 g/mol. The van der Waals surface area contributed by atoms with Crippen molar-refractivity contribution in [3.05, 3.63) is 64.4 Å². The van der Waals surface area contributed by atoms with E-state index in [9.17, 15) is 4.39 Å². The molecular weight excluding hydrogens is 251 g/mol. The van der Waals surface area contributed by atoms with Gasteiger partial charge in [0.1, 0.15) is 18.2 Å². The normalized spacial score (nSPS) is 10.4. The van der Waals surface area contributed by atoms with E-state index in [-0.39, 0.29) is 5.82 Å². The number of aryl methyl sites for hydroxylation is 1. The second kappa shape index (κ2) is 5.87. The fourth-order valence-electron chi connectivity index (χ4n) is 1.66. The van der Waals surface area contributed by atoms with Crippen LogP contribution in [0.3, 0.4) is 0 Å². The van der Waals surface area contributed by atoms with E-state index in [1.54, 1.807) is 6.07 Å². The molecule has 94 valence electrons. The first-order valence-corrected chi connectivity index (χ1v) is 6.22. The molecule has 0 unspecified atom stereocenters. The van der Waals surface area contributed by atoms with Gasteiger partial charge < -0.3 is 4.74 Å².